The molecule has 3 nitrogen and oxygen atoms in total. The molecule has 0 aliphatic rings. The standard InChI is InChI=1S/C18H21NO2/c1-14-6-3-9-16(12-14)18(20)19-11-5-8-15-7-4-10-17(13-15)21-2/h3-4,6-7,9-10,12-13H,5,8,11H2,1-2H3,(H,19,20). The summed E-state index contributed by atoms with van der Waals surface area (Å²) in [5, 5.41) is 2.95. The van der Waals surface area contributed by atoms with Crippen LogP contribution in [0.1, 0.15) is 27.9 Å². The van der Waals surface area contributed by atoms with E-state index < -0.39 is 0 Å². The summed E-state index contributed by atoms with van der Waals surface area (Å²) >= 11 is 0. The zero-order chi connectivity index (χ0) is 15.1. The summed E-state index contributed by atoms with van der Waals surface area (Å²) in [4.78, 5) is 12.0. The van der Waals surface area contributed by atoms with E-state index in [9.17, 15) is 4.79 Å². The maximum Gasteiger partial charge on any atom is 0.251 e. The minimum atomic E-state index is -0.00987. The number of hydrogen-bond acceptors (Lipinski definition) is 2. The second-order valence-corrected chi connectivity index (χ2v) is 5.08. The minimum absolute atomic E-state index is 0.00987. The third-order valence-electron chi connectivity index (χ3n) is 3.34. The summed E-state index contributed by atoms with van der Waals surface area (Å²) in [5.74, 6) is 0.862. The van der Waals surface area contributed by atoms with Crippen LogP contribution < -0.4 is 10.1 Å². The third-order valence-corrected chi connectivity index (χ3v) is 3.34. The third kappa shape index (κ3) is 4.63. The number of carbonyl (C=O) groups excluding carboxylic acids is 1. The van der Waals surface area contributed by atoms with E-state index in [0.29, 0.717) is 6.54 Å². The highest BCUT2D eigenvalue weighted by Crippen LogP contribution is 2.13. The molecule has 110 valence electrons. The van der Waals surface area contributed by atoms with Gasteiger partial charge in [-0.15, -0.1) is 0 Å². The summed E-state index contributed by atoms with van der Waals surface area (Å²) in [6.07, 6.45) is 1.83. The molecule has 0 spiro atoms. The number of aryl methyl sites for hydroxylation is 2. The van der Waals surface area contributed by atoms with Gasteiger partial charge in [0.1, 0.15) is 5.75 Å². The number of ether oxygens (including phenoxy) is 1. The van der Waals surface area contributed by atoms with Gasteiger partial charge in [0.2, 0.25) is 0 Å². The van der Waals surface area contributed by atoms with Gasteiger partial charge in [-0.05, 0) is 49.6 Å². The lowest BCUT2D eigenvalue weighted by molar-refractivity contribution is 0.0953. The normalized spacial score (nSPS) is 10.2. The maximum atomic E-state index is 12.0. The van der Waals surface area contributed by atoms with E-state index in [1.807, 2.05) is 49.4 Å². The number of methoxy groups -OCH3 is 1. The van der Waals surface area contributed by atoms with E-state index in [4.69, 9.17) is 4.74 Å². The first-order valence-electron chi connectivity index (χ1n) is 7.17. The average Bonchev–Trinajstić information content (AvgIpc) is 2.51. The van der Waals surface area contributed by atoms with Crippen LogP contribution in [0.4, 0.5) is 0 Å². The molecule has 0 unspecified atom stereocenters. The second-order valence-electron chi connectivity index (χ2n) is 5.08. The molecule has 2 aromatic rings. The lowest BCUT2D eigenvalue weighted by Crippen LogP contribution is -2.24. The van der Waals surface area contributed by atoms with Gasteiger partial charge in [-0.3, -0.25) is 4.79 Å². The zero-order valence-electron chi connectivity index (χ0n) is 12.6. The van der Waals surface area contributed by atoms with Crippen LogP contribution in [0.5, 0.6) is 5.75 Å². The van der Waals surface area contributed by atoms with Crippen molar-refractivity contribution in [2.75, 3.05) is 13.7 Å². The predicted octanol–water partition coefficient (Wildman–Crippen LogP) is 3.37. The summed E-state index contributed by atoms with van der Waals surface area (Å²) in [6, 6.07) is 15.7. The quantitative estimate of drug-likeness (QED) is 0.825. The van der Waals surface area contributed by atoms with E-state index in [0.717, 1.165) is 29.7 Å². The number of benzene rings is 2. The zero-order valence-corrected chi connectivity index (χ0v) is 12.6. The highest BCUT2D eigenvalue weighted by atomic mass is 16.5. The van der Waals surface area contributed by atoms with Gasteiger partial charge in [0.25, 0.3) is 5.91 Å². The van der Waals surface area contributed by atoms with Gasteiger partial charge in [0, 0.05) is 12.1 Å². The molecule has 0 aliphatic carbocycles. The fraction of sp³-hybridized carbons (Fsp3) is 0.278. The van der Waals surface area contributed by atoms with E-state index in [-0.39, 0.29) is 5.91 Å². The number of hydrogen-bond donors (Lipinski definition) is 1. The Bertz CT molecular complexity index is 608. The van der Waals surface area contributed by atoms with E-state index in [1.54, 1.807) is 7.11 Å². The first kappa shape index (κ1) is 15.1. The van der Waals surface area contributed by atoms with E-state index in [2.05, 4.69) is 11.4 Å². The fourth-order valence-corrected chi connectivity index (χ4v) is 2.21. The molecule has 0 radical (unpaired) electrons. The van der Waals surface area contributed by atoms with E-state index in [1.165, 1.54) is 5.56 Å². The summed E-state index contributed by atoms with van der Waals surface area (Å²) in [7, 11) is 1.67. The Morgan fingerprint density at radius 3 is 2.71 bits per heavy atom. The molecule has 0 heterocycles. The number of nitrogens with one attached hydrogen (secondary N) is 1. The lowest BCUT2D eigenvalue weighted by Gasteiger charge is -2.07. The van der Waals surface area contributed by atoms with Crippen LogP contribution in [0.25, 0.3) is 0 Å². The highest BCUT2D eigenvalue weighted by Gasteiger charge is 2.04. The fourth-order valence-electron chi connectivity index (χ4n) is 2.21. The van der Waals surface area contributed by atoms with Crippen LogP contribution in [-0.2, 0) is 6.42 Å². The van der Waals surface area contributed by atoms with Crippen molar-refractivity contribution in [2.24, 2.45) is 0 Å². The Hall–Kier alpha value is -2.29. The Morgan fingerprint density at radius 2 is 1.95 bits per heavy atom. The van der Waals surface area contributed by atoms with Crippen molar-refractivity contribution in [3.05, 3.63) is 65.2 Å². The summed E-state index contributed by atoms with van der Waals surface area (Å²) < 4.78 is 5.20. The molecule has 1 N–H and O–H groups in total. The van der Waals surface area contributed by atoms with Crippen molar-refractivity contribution in [2.45, 2.75) is 19.8 Å². The topological polar surface area (TPSA) is 38.3 Å². The molecule has 0 saturated carbocycles. The van der Waals surface area contributed by atoms with Crippen molar-refractivity contribution in [1.29, 1.82) is 0 Å². The monoisotopic (exact) mass is 283 g/mol. The first-order valence-corrected chi connectivity index (χ1v) is 7.17. The van der Waals surface area contributed by atoms with Crippen molar-refractivity contribution >= 4 is 5.91 Å². The van der Waals surface area contributed by atoms with Crippen molar-refractivity contribution in [3.8, 4) is 5.75 Å². The lowest BCUT2D eigenvalue weighted by atomic mass is 10.1. The Labute approximate surface area is 126 Å². The van der Waals surface area contributed by atoms with Crippen LogP contribution >= 0.6 is 0 Å². The average molecular weight is 283 g/mol. The molecule has 0 fully saturated rings. The number of amides is 1. The van der Waals surface area contributed by atoms with Crippen LogP contribution in [-0.4, -0.2) is 19.6 Å². The molecule has 21 heavy (non-hydrogen) atoms. The smallest absolute Gasteiger partial charge is 0.251 e. The van der Waals surface area contributed by atoms with Gasteiger partial charge < -0.3 is 10.1 Å². The SMILES string of the molecule is COc1cccc(CCCNC(=O)c2cccc(C)c2)c1. The molecule has 0 bridgehead atoms. The maximum absolute atomic E-state index is 12.0. The van der Waals surface area contributed by atoms with Gasteiger partial charge in [0.05, 0.1) is 7.11 Å². The van der Waals surface area contributed by atoms with Gasteiger partial charge >= 0.3 is 0 Å². The molecule has 0 atom stereocenters. The van der Waals surface area contributed by atoms with Gasteiger partial charge in [-0.2, -0.15) is 0 Å². The first-order chi connectivity index (χ1) is 10.2. The van der Waals surface area contributed by atoms with Crippen LogP contribution in [0.2, 0.25) is 0 Å². The molecule has 1 amide bonds. The molecular weight excluding hydrogens is 262 g/mol. The molecule has 0 aromatic heterocycles. The Kier molecular flexibility index (Phi) is 5.38. The van der Waals surface area contributed by atoms with Crippen LogP contribution in [0.3, 0.4) is 0 Å². The molecule has 3 heteroatoms. The molecular formula is C18H21NO2. The summed E-state index contributed by atoms with van der Waals surface area (Å²) in [6.45, 7) is 2.66. The van der Waals surface area contributed by atoms with Crippen molar-refractivity contribution in [3.63, 3.8) is 0 Å². The van der Waals surface area contributed by atoms with Crippen molar-refractivity contribution < 1.29 is 9.53 Å². The second kappa shape index (κ2) is 7.48. The molecule has 0 saturated heterocycles. The van der Waals surface area contributed by atoms with Crippen LogP contribution in [0, 0.1) is 6.92 Å². The van der Waals surface area contributed by atoms with Gasteiger partial charge in [0.15, 0.2) is 0 Å². The predicted molar refractivity (Wildman–Crippen MR) is 84.8 cm³/mol. The Balaban J connectivity index is 1.78. The molecule has 0 aliphatic heterocycles. The molecule has 2 aromatic carbocycles. The summed E-state index contributed by atoms with van der Waals surface area (Å²) in [5.41, 5.74) is 3.04. The Morgan fingerprint density at radius 1 is 1.14 bits per heavy atom. The molecule has 2 rings (SSSR count). The van der Waals surface area contributed by atoms with Crippen molar-refractivity contribution in [1.82, 2.24) is 5.32 Å². The van der Waals surface area contributed by atoms with E-state index >= 15 is 0 Å². The van der Waals surface area contributed by atoms with Gasteiger partial charge in [-0.1, -0.05) is 29.8 Å². The minimum Gasteiger partial charge on any atom is -0.497 e. The highest BCUT2D eigenvalue weighted by molar-refractivity contribution is 5.94. The largest absolute Gasteiger partial charge is 0.497 e. The number of carbonyl (C=O) groups is 1. The van der Waals surface area contributed by atoms with Gasteiger partial charge in [-0.25, -0.2) is 0 Å². The van der Waals surface area contributed by atoms with Crippen LogP contribution in [0.15, 0.2) is 48.5 Å². The number of rotatable bonds is 6.